The summed E-state index contributed by atoms with van der Waals surface area (Å²) in [5.41, 5.74) is 0.0933. The van der Waals surface area contributed by atoms with E-state index in [2.05, 4.69) is 20.4 Å². The Labute approximate surface area is 122 Å². The fraction of sp³-hybridized carbons (Fsp3) is 0.385. The van der Waals surface area contributed by atoms with Crippen molar-refractivity contribution in [2.45, 2.75) is 26.2 Å². The van der Waals surface area contributed by atoms with E-state index in [4.69, 9.17) is 11.6 Å². The van der Waals surface area contributed by atoms with Crippen molar-refractivity contribution in [1.29, 1.82) is 0 Å². The van der Waals surface area contributed by atoms with E-state index in [1.807, 2.05) is 20.8 Å². The van der Waals surface area contributed by atoms with Crippen LogP contribution < -0.4 is 5.32 Å². The highest BCUT2D eigenvalue weighted by atomic mass is 35.5. The predicted octanol–water partition coefficient (Wildman–Crippen LogP) is 1.97. The molecule has 2 aromatic rings. The summed E-state index contributed by atoms with van der Waals surface area (Å²) in [4.78, 5) is 20.2. The van der Waals surface area contributed by atoms with Gasteiger partial charge < -0.3 is 5.32 Å². The van der Waals surface area contributed by atoms with Gasteiger partial charge in [-0.05, 0) is 6.07 Å². The van der Waals surface area contributed by atoms with Crippen LogP contribution in [-0.2, 0) is 5.41 Å². The van der Waals surface area contributed by atoms with Gasteiger partial charge in [0.1, 0.15) is 11.0 Å². The number of carbonyl (C=O) groups excluding carboxylic acids is 1. The molecule has 0 saturated heterocycles. The van der Waals surface area contributed by atoms with Crippen LogP contribution in [0.5, 0.6) is 0 Å². The number of amides is 1. The minimum atomic E-state index is -0.250. The number of hydrogen-bond acceptors (Lipinski definition) is 4. The van der Waals surface area contributed by atoms with Gasteiger partial charge in [-0.15, -0.1) is 0 Å². The summed E-state index contributed by atoms with van der Waals surface area (Å²) in [6.07, 6.45) is 1.66. The van der Waals surface area contributed by atoms with Crippen molar-refractivity contribution >= 4 is 17.5 Å². The van der Waals surface area contributed by atoms with Gasteiger partial charge in [0.2, 0.25) is 0 Å². The molecule has 2 aromatic heterocycles. The molecule has 0 spiro atoms. The van der Waals surface area contributed by atoms with Crippen LogP contribution in [0.2, 0.25) is 5.15 Å². The summed E-state index contributed by atoms with van der Waals surface area (Å²) in [5, 5.41) is 7.04. The Morgan fingerprint density at radius 2 is 2.05 bits per heavy atom. The minimum absolute atomic E-state index is 0.226. The van der Waals surface area contributed by atoms with Crippen molar-refractivity contribution in [3.05, 3.63) is 35.0 Å². The molecule has 106 valence electrons. The van der Waals surface area contributed by atoms with Gasteiger partial charge in [0.05, 0.1) is 0 Å². The molecule has 0 aliphatic rings. The van der Waals surface area contributed by atoms with Crippen LogP contribution in [-0.4, -0.2) is 32.7 Å². The van der Waals surface area contributed by atoms with E-state index in [0.29, 0.717) is 22.5 Å². The third-order valence-electron chi connectivity index (χ3n) is 2.64. The molecule has 0 saturated carbocycles. The number of halogens is 1. The summed E-state index contributed by atoms with van der Waals surface area (Å²) in [6.45, 7) is 6.00. The molecule has 0 bridgehead atoms. The van der Waals surface area contributed by atoms with Gasteiger partial charge in [-0.3, -0.25) is 4.79 Å². The van der Waals surface area contributed by atoms with E-state index < -0.39 is 0 Å². The summed E-state index contributed by atoms with van der Waals surface area (Å²) in [6, 6.07) is 3.23. The van der Waals surface area contributed by atoms with E-state index in [9.17, 15) is 4.79 Å². The van der Waals surface area contributed by atoms with Crippen molar-refractivity contribution in [2.24, 2.45) is 0 Å². The topological polar surface area (TPSA) is 72.7 Å². The molecule has 1 amide bonds. The Morgan fingerprint density at radius 3 is 2.65 bits per heavy atom. The molecule has 20 heavy (non-hydrogen) atoms. The van der Waals surface area contributed by atoms with E-state index in [1.54, 1.807) is 25.4 Å². The van der Waals surface area contributed by atoms with E-state index >= 15 is 0 Å². The molecule has 0 fully saturated rings. The van der Waals surface area contributed by atoms with Crippen LogP contribution in [0.3, 0.4) is 0 Å². The highest BCUT2D eigenvalue weighted by molar-refractivity contribution is 6.29. The van der Waals surface area contributed by atoms with Crippen LogP contribution in [0.25, 0.3) is 5.82 Å². The van der Waals surface area contributed by atoms with Crippen LogP contribution in [0.15, 0.2) is 18.3 Å². The van der Waals surface area contributed by atoms with E-state index in [1.165, 1.54) is 4.68 Å². The quantitative estimate of drug-likeness (QED) is 0.859. The molecular formula is C13H16ClN5O. The van der Waals surface area contributed by atoms with Gasteiger partial charge in [0.15, 0.2) is 11.5 Å². The molecule has 2 rings (SSSR count). The maximum Gasteiger partial charge on any atom is 0.271 e. The lowest BCUT2D eigenvalue weighted by Crippen LogP contribution is -2.19. The molecule has 0 aliphatic carbocycles. The number of nitrogens with one attached hydrogen (secondary N) is 1. The van der Waals surface area contributed by atoms with Crippen molar-refractivity contribution in [2.75, 3.05) is 7.05 Å². The second kappa shape index (κ2) is 5.20. The lowest BCUT2D eigenvalue weighted by atomic mass is 9.96. The average Bonchev–Trinajstić information content (AvgIpc) is 2.85. The highest BCUT2D eigenvalue weighted by Crippen LogP contribution is 2.21. The van der Waals surface area contributed by atoms with Crippen LogP contribution in [0.1, 0.15) is 37.1 Å². The number of hydrogen-bond donors (Lipinski definition) is 1. The fourth-order valence-electron chi connectivity index (χ4n) is 1.56. The molecular weight excluding hydrogens is 278 g/mol. The molecule has 0 atom stereocenters. The van der Waals surface area contributed by atoms with Crippen molar-refractivity contribution < 1.29 is 4.79 Å². The van der Waals surface area contributed by atoms with Crippen molar-refractivity contribution in [3.63, 3.8) is 0 Å². The third-order valence-corrected chi connectivity index (χ3v) is 2.83. The summed E-state index contributed by atoms with van der Waals surface area (Å²) < 4.78 is 1.51. The van der Waals surface area contributed by atoms with Gasteiger partial charge in [0.25, 0.3) is 5.91 Å². The standard InChI is InChI=1S/C13H16ClN5O/c1-13(2,3)12-16-9(14)7-10(17-12)19-6-5-8(18-19)11(20)15-4/h5-7H,1-4H3,(H,15,20). The maximum atomic E-state index is 11.5. The van der Waals surface area contributed by atoms with Crippen molar-refractivity contribution in [1.82, 2.24) is 25.1 Å². The summed E-state index contributed by atoms with van der Waals surface area (Å²) >= 11 is 6.03. The normalized spacial score (nSPS) is 11.4. The predicted molar refractivity (Wildman–Crippen MR) is 76.3 cm³/mol. The number of aromatic nitrogens is 4. The van der Waals surface area contributed by atoms with Crippen LogP contribution in [0, 0.1) is 0 Å². The largest absolute Gasteiger partial charge is 0.354 e. The Morgan fingerprint density at radius 1 is 1.35 bits per heavy atom. The molecule has 6 nitrogen and oxygen atoms in total. The highest BCUT2D eigenvalue weighted by Gasteiger charge is 2.19. The summed E-state index contributed by atoms with van der Waals surface area (Å²) in [7, 11) is 1.56. The lowest BCUT2D eigenvalue weighted by molar-refractivity contribution is 0.0957. The molecule has 0 aliphatic heterocycles. The number of rotatable bonds is 2. The molecule has 7 heteroatoms. The zero-order chi connectivity index (χ0) is 14.9. The first-order chi connectivity index (χ1) is 9.31. The van der Waals surface area contributed by atoms with E-state index in [-0.39, 0.29) is 11.3 Å². The first kappa shape index (κ1) is 14.5. The number of carbonyl (C=O) groups is 1. The Bertz CT molecular complexity index is 644. The first-order valence-electron chi connectivity index (χ1n) is 6.14. The molecule has 0 aromatic carbocycles. The summed E-state index contributed by atoms with van der Waals surface area (Å²) in [5.74, 6) is 0.905. The number of nitrogens with zero attached hydrogens (tertiary/aromatic N) is 4. The van der Waals surface area contributed by atoms with E-state index in [0.717, 1.165) is 0 Å². The monoisotopic (exact) mass is 293 g/mol. The Kier molecular flexibility index (Phi) is 3.76. The minimum Gasteiger partial charge on any atom is -0.354 e. The van der Waals surface area contributed by atoms with Crippen LogP contribution >= 0.6 is 11.6 Å². The zero-order valence-electron chi connectivity index (χ0n) is 11.8. The molecule has 2 heterocycles. The Balaban J connectivity index is 2.45. The smallest absolute Gasteiger partial charge is 0.271 e. The van der Waals surface area contributed by atoms with Gasteiger partial charge in [-0.2, -0.15) is 5.10 Å². The van der Waals surface area contributed by atoms with Gasteiger partial charge in [0, 0.05) is 24.7 Å². The van der Waals surface area contributed by atoms with Gasteiger partial charge in [-0.25, -0.2) is 14.6 Å². The SMILES string of the molecule is CNC(=O)c1ccn(-c2cc(Cl)nc(C(C)(C)C)n2)n1. The van der Waals surface area contributed by atoms with Gasteiger partial charge >= 0.3 is 0 Å². The zero-order valence-corrected chi connectivity index (χ0v) is 12.6. The molecule has 0 unspecified atom stereocenters. The van der Waals surface area contributed by atoms with Crippen molar-refractivity contribution in [3.8, 4) is 5.82 Å². The second-order valence-corrected chi connectivity index (χ2v) is 5.73. The Hall–Kier alpha value is -1.95. The molecule has 0 radical (unpaired) electrons. The maximum absolute atomic E-state index is 11.5. The van der Waals surface area contributed by atoms with Gasteiger partial charge in [-0.1, -0.05) is 32.4 Å². The average molecular weight is 294 g/mol. The first-order valence-corrected chi connectivity index (χ1v) is 6.52. The third kappa shape index (κ3) is 2.96. The molecule has 1 N–H and O–H groups in total. The second-order valence-electron chi connectivity index (χ2n) is 5.35. The van der Waals surface area contributed by atoms with Crippen LogP contribution in [0.4, 0.5) is 0 Å². The fourth-order valence-corrected chi connectivity index (χ4v) is 1.74. The lowest BCUT2D eigenvalue weighted by Gasteiger charge is -2.17.